The van der Waals surface area contributed by atoms with Crippen LogP contribution in [0.25, 0.3) is 0 Å². The van der Waals surface area contributed by atoms with Crippen molar-refractivity contribution in [3.8, 4) is 0 Å². The Balaban J connectivity index is 3.63. The highest BCUT2D eigenvalue weighted by Gasteiger charge is 2.03. The molecule has 0 atom stereocenters. The number of ether oxygens (including phenoxy) is 1. The second-order valence-corrected chi connectivity index (χ2v) is 6.36. The molecular formula is C17H39N5O. The quantitative estimate of drug-likeness (QED) is 0.302. The van der Waals surface area contributed by atoms with E-state index in [1.807, 2.05) is 7.05 Å². The fraction of sp³-hybridized carbons (Fsp3) is 0.941. The molecule has 0 saturated heterocycles. The largest absolute Gasteiger partial charge is 0.385 e. The van der Waals surface area contributed by atoms with E-state index in [2.05, 4.69) is 53.4 Å². The molecule has 0 saturated carbocycles. The van der Waals surface area contributed by atoms with Crippen LogP contribution in [0.1, 0.15) is 33.1 Å². The molecule has 0 radical (unpaired) electrons. The molecule has 0 fully saturated rings. The van der Waals surface area contributed by atoms with Gasteiger partial charge < -0.3 is 25.2 Å². The van der Waals surface area contributed by atoms with Gasteiger partial charge in [-0.1, -0.05) is 0 Å². The molecule has 6 nitrogen and oxygen atoms in total. The van der Waals surface area contributed by atoms with Crippen molar-refractivity contribution >= 4 is 5.96 Å². The van der Waals surface area contributed by atoms with E-state index in [-0.39, 0.29) is 0 Å². The first-order chi connectivity index (χ1) is 11.0. The summed E-state index contributed by atoms with van der Waals surface area (Å²) in [6.07, 6.45) is 3.44. The molecule has 0 aliphatic carbocycles. The van der Waals surface area contributed by atoms with Gasteiger partial charge in [0.15, 0.2) is 5.96 Å². The predicted molar refractivity (Wildman–Crippen MR) is 100 cm³/mol. The first-order valence-corrected chi connectivity index (χ1v) is 8.83. The molecule has 0 aliphatic rings. The fourth-order valence-corrected chi connectivity index (χ4v) is 2.13. The average molecular weight is 330 g/mol. The average Bonchev–Trinajstić information content (AvgIpc) is 2.52. The molecule has 6 heteroatoms. The Morgan fingerprint density at radius 2 is 1.70 bits per heavy atom. The zero-order valence-corrected chi connectivity index (χ0v) is 16.2. The van der Waals surface area contributed by atoms with Gasteiger partial charge in [-0.3, -0.25) is 4.99 Å². The monoisotopic (exact) mass is 329 g/mol. The SMILES string of the molecule is CN=C(NCCCCN(C)C(C)C)NCCN(C)CCCOC. The van der Waals surface area contributed by atoms with E-state index < -0.39 is 0 Å². The minimum atomic E-state index is 0.623. The number of nitrogens with one attached hydrogen (secondary N) is 2. The number of likely N-dealkylation sites (N-methyl/N-ethyl adjacent to an activating group) is 1. The lowest BCUT2D eigenvalue weighted by atomic mass is 10.2. The zero-order valence-electron chi connectivity index (χ0n) is 16.2. The van der Waals surface area contributed by atoms with Crippen LogP contribution in [0.4, 0.5) is 0 Å². The number of hydrogen-bond donors (Lipinski definition) is 2. The molecule has 0 rings (SSSR count). The van der Waals surface area contributed by atoms with Crippen LogP contribution in [0.2, 0.25) is 0 Å². The van der Waals surface area contributed by atoms with Gasteiger partial charge in [0.05, 0.1) is 0 Å². The second kappa shape index (κ2) is 14.7. The van der Waals surface area contributed by atoms with E-state index in [0.29, 0.717) is 6.04 Å². The summed E-state index contributed by atoms with van der Waals surface area (Å²) in [4.78, 5) is 8.95. The van der Waals surface area contributed by atoms with Crippen molar-refractivity contribution in [3.63, 3.8) is 0 Å². The first kappa shape index (κ1) is 22.1. The summed E-state index contributed by atoms with van der Waals surface area (Å²) >= 11 is 0. The molecule has 0 heterocycles. The van der Waals surface area contributed by atoms with Crippen molar-refractivity contribution in [1.82, 2.24) is 20.4 Å². The fourth-order valence-electron chi connectivity index (χ4n) is 2.13. The van der Waals surface area contributed by atoms with E-state index in [1.165, 1.54) is 6.42 Å². The summed E-state index contributed by atoms with van der Waals surface area (Å²) in [5.41, 5.74) is 0. The minimum Gasteiger partial charge on any atom is -0.385 e. The Hall–Kier alpha value is -0.850. The highest BCUT2D eigenvalue weighted by atomic mass is 16.5. The van der Waals surface area contributed by atoms with Gasteiger partial charge in [0.1, 0.15) is 0 Å². The van der Waals surface area contributed by atoms with Gasteiger partial charge >= 0.3 is 0 Å². The summed E-state index contributed by atoms with van der Waals surface area (Å²) in [6.45, 7) is 10.4. The predicted octanol–water partition coefficient (Wildman–Crippen LogP) is 1.24. The van der Waals surface area contributed by atoms with Crippen molar-refractivity contribution < 1.29 is 4.74 Å². The molecule has 0 amide bonds. The van der Waals surface area contributed by atoms with Crippen molar-refractivity contribution in [1.29, 1.82) is 0 Å². The van der Waals surface area contributed by atoms with E-state index in [0.717, 1.165) is 58.1 Å². The lowest BCUT2D eigenvalue weighted by Gasteiger charge is -2.21. The molecule has 2 N–H and O–H groups in total. The Morgan fingerprint density at radius 3 is 2.30 bits per heavy atom. The summed E-state index contributed by atoms with van der Waals surface area (Å²) in [7, 11) is 7.89. The van der Waals surface area contributed by atoms with Crippen LogP contribution in [-0.4, -0.2) is 89.4 Å². The Kier molecular flexibility index (Phi) is 14.2. The lowest BCUT2D eigenvalue weighted by Crippen LogP contribution is -2.41. The Morgan fingerprint density at radius 1 is 1.00 bits per heavy atom. The molecule has 0 unspecified atom stereocenters. The molecule has 0 aliphatic heterocycles. The van der Waals surface area contributed by atoms with Crippen LogP contribution in [-0.2, 0) is 4.74 Å². The minimum absolute atomic E-state index is 0.623. The summed E-state index contributed by atoms with van der Waals surface area (Å²) in [5, 5.41) is 6.74. The van der Waals surface area contributed by atoms with E-state index in [4.69, 9.17) is 4.74 Å². The number of hydrogen-bond acceptors (Lipinski definition) is 4. The number of aliphatic imine (C=N–C) groups is 1. The van der Waals surface area contributed by atoms with E-state index in [9.17, 15) is 0 Å². The highest BCUT2D eigenvalue weighted by molar-refractivity contribution is 5.79. The van der Waals surface area contributed by atoms with Gasteiger partial charge in [-0.25, -0.2) is 0 Å². The topological polar surface area (TPSA) is 52.1 Å². The molecule has 0 aromatic heterocycles. The number of nitrogens with zero attached hydrogens (tertiary/aromatic N) is 3. The Bertz CT molecular complexity index is 297. The third kappa shape index (κ3) is 13.3. The van der Waals surface area contributed by atoms with Gasteiger partial charge in [0.2, 0.25) is 0 Å². The summed E-state index contributed by atoms with van der Waals surface area (Å²) in [5.74, 6) is 0.896. The number of rotatable bonds is 13. The van der Waals surface area contributed by atoms with Crippen molar-refractivity contribution in [3.05, 3.63) is 0 Å². The van der Waals surface area contributed by atoms with Gasteiger partial charge in [-0.05, 0) is 53.8 Å². The normalized spacial score (nSPS) is 12.5. The van der Waals surface area contributed by atoms with Crippen LogP contribution in [0.3, 0.4) is 0 Å². The van der Waals surface area contributed by atoms with Crippen molar-refractivity contribution in [2.24, 2.45) is 4.99 Å². The van der Waals surface area contributed by atoms with Gasteiger partial charge in [0, 0.05) is 53.0 Å². The molecule has 0 aromatic carbocycles. The lowest BCUT2D eigenvalue weighted by molar-refractivity contribution is 0.180. The number of guanidine groups is 1. The van der Waals surface area contributed by atoms with E-state index in [1.54, 1.807) is 7.11 Å². The maximum absolute atomic E-state index is 5.07. The summed E-state index contributed by atoms with van der Waals surface area (Å²) < 4.78 is 5.07. The van der Waals surface area contributed by atoms with Crippen LogP contribution >= 0.6 is 0 Å². The van der Waals surface area contributed by atoms with Crippen LogP contribution in [0.5, 0.6) is 0 Å². The molecule has 0 bridgehead atoms. The smallest absolute Gasteiger partial charge is 0.191 e. The zero-order chi connectivity index (χ0) is 17.5. The number of methoxy groups -OCH3 is 1. The molecule has 23 heavy (non-hydrogen) atoms. The van der Waals surface area contributed by atoms with Crippen LogP contribution < -0.4 is 10.6 Å². The molecule has 0 aromatic rings. The van der Waals surface area contributed by atoms with Crippen molar-refractivity contribution in [2.75, 3.05) is 67.6 Å². The standard InChI is InChI=1S/C17H39N5O/c1-16(2)22(5)13-8-7-10-19-17(18-3)20-11-14-21(4)12-9-15-23-6/h16H,7-15H2,1-6H3,(H2,18,19,20). The van der Waals surface area contributed by atoms with Crippen molar-refractivity contribution in [2.45, 2.75) is 39.2 Å². The summed E-state index contributed by atoms with van der Waals surface area (Å²) in [6, 6.07) is 0.623. The Labute approximate surface area is 143 Å². The molecule has 138 valence electrons. The second-order valence-electron chi connectivity index (χ2n) is 6.36. The third-order valence-corrected chi connectivity index (χ3v) is 4.01. The van der Waals surface area contributed by atoms with E-state index >= 15 is 0 Å². The maximum atomic E-state index is 5.07. The van der Waals surface area contributed by atoms with Crippen LogP contribution in [0, 0.1) is 0 Å². The van der Waals surface area contributed by atoms with Crippen LogP contribution in [0.15, 0.2) is 4.99 Å². The van der Waals surface area contributed by atoms with Gasteiger partial charge in [0.25, 0.3) is 0 Å². The number of unbranched alkanes of at least 4 members (excludes halogenated alkanes) is 1. The maximum Gasteiger partial charge on any atom is 0.191 e. The van der Waals surface area contributed by atoms with Gasteiger partial charge in [-0.15, -0.1) is 0 Å². The molecule has 0 spiro atoms. The highest BCUT2D eigenvalue weighted by Crippen LogP contribution is 1.97. The third-order valence-electron chi connectivity index (χ3n) is 4.01. The molecular weight excluding hydrogens is 290 g/mol. The first-order valence-electron chi connectivity index (χ1n) is 8.83. The van der Waals surface area contributed by atoms with Gasteiger partial charge in [-0.2, -0.15) is 0 Å².